The first-order valence-corrected chi connectivity index (χ1v) is 7.79. The van der Waals surface area contributed by atoms with Gasteiger partial charge in [0.05, 0.1) is 15.1 Å². The summed E-state index contributed by atoms with van der Waals surface area (Å²) in [6, 6.07) is 10.9. The Morgan fingerprint density at radius 2 is 1.95 bits per heavy atom. The van der Waals surface area contributed by atoms with Gasteiger partial charge in [-0.05, 0) is 28.5 Å². The summed E-state index contributed by atoms with van der Waals surface area (Å²) in [6.45, 7) is 0. The number of rotatable bonds is 3. The Balaban J connectivity index is 1.80. The third kappa shape index (κ3) is 2.11. The van der Waals surface area contributed by atoms with Gasteiger partial charge in [0.2, 0.25) is 5.52 Å². The molecule has 0 aliphatic heterocycles. The van der Waals surface area contributed by atoms with Crippen LogP contribution in [0.3, 0.4) is 0 Å². The average molecular weight is 330 g/mol. The Kier molecular flexibility index (Phi) is 3.01. The van der Waals surface area contributed by atoms with Crippen molar-refractivity contribution in [3.05, 3.63) is 46.5 Å². The zero-order valence-electron chi connectivity index (χ0n) is 10.8. The summed E-state index contributed by atoms with van der Waals surface area (Å²) in [5.41, 5.74) is 1.32. The fourth-order valence-corrected chi connectivity index (χ4v) is 4.15. The Bertz CT molecular complexity index is 978. The van der Waals surface area contributed by atoms with Gasteiger partial charge in [0.15, 0.2) is 9.86 Å². The van der Waals surface area contributed by atoms with Gasteiger partial charge in [-0.25, -0.2) is 9.61 Å². The molecule has 7 nitrogen and oxygen atoms in total. The van der Waals surface area contributed by atoms with Gasteiger partial charge in [0.25, 0.3) is 0 Å². The molecule has 4 rings (SSSR count). The van der Waals surface area contributed by atoms with Crippen LogP contribution in [0.5, 0.6) is 0 Å². The molecule has 2 aromatic carbocycles. The molecule has 0 aliphatic carbocycles. The third-order valence-corrected chi connectivity index (χ3v) is 5.17. The lowest BCUT2D eigenvalue weighted by atomic mass is 10.3. The van der Waals surface area contributed by atoms with Crippen LogP contribution in [0.25, 0.3) is 21.3 Å². The first-order chi connectivity index (χ1) is 10.7. The van der Waals surface area contributed by atoms with E-state index in [-0.39, 0.29) is 11.2 Å². The predicted molar refractivity (Wildman–Crippen MR) is 82.2 cm³/mol. The van der Waals surface area contributed by atoms with Crippen molar-refractivity contribution < 1.29 is 9.55 Å². The Morgan fingerprint density at radius 3 is 2.77 bits per heavy atom. The maximum Gasteiger partial charge on any atom is 0.300 e. The highest BCUT2D eigenvalue weighted by Gasteiger charge is 2.20. The molecule has 0 bridgehead atoms. The number of nitro groups is 1. The van der Waals surface area contributed by atoms with E-state index in [2.05, 4.69) is 19.9 Å². The Labute approximate surface area is 131 Å². The molecular formula is C13H6N4O3S2. The molecular weight excluding hydrogens is 324 g/mol. The zero-order valence-corrected chi connectivity index (χ0v) is 12.4. The molecule has 0 fully saturated rings. The summed E-state index contributed by atoms with van der Waals surface area (Å²) in [6.07, 6.45) is 0. The van der Waals surface area contributed by atoms with Crippen molar-refractivity contribution in [2.45, 2.75) is 9.24 Å². The number of non-ortho nitro benzene ring substituents is 1. The highest BCUT2D eigenvalue weighted by molar-refractivity contribution is 8.01. The summed E-state index contributed by atoms with van der Waals surface area (Å²) in [4.78, 5) is 15.7. The first kappa shape index (κ1) is 13.2. The third-order valence-electron chi connectivity index (χ3n) is 3.03. The summed E-state index contributed by atoms with van der Waals surface area (Å²) in [5.74, 6) is 0. The van der Waals surface area contributed by atoms with Gasteiger partial charge in [-0.2, -0.15) is 0 Å². The van der Waals surface area contributed by atoms with Crippen molar-refractivity contribution in [1.82, 2.24) is 15.3 Å². The monoisotopic (exact) mass is 330 g/mol. The van der Waals surface area contributed by atoms with E-state index in [1.807, 2.05) is 24.3 Å². The molecule has 0 saturated carbocycles. The van der Waals surface area contributed by atoms with Crippen molar-refractivity contribution in [3.63, 3.8) is 0 Å². The number of aromatic nitrogens is 3. The maximum absolute atomic E-state index is 11.0. The topological polar surface area (TPSA) is 95.0 Å². The number of nitrogens with zero attached hydrogens (tertiary/aromatic N) is 4. The highest BCUT2D eigenvalue weighted by atomic mass is 32.2. The molecule has 0 atom stereocenters. The number of hydrogen-bond acceptors (Lipinski definition) is 8. The summed E-state index contributed by atoms with van der Waals surface area (Å²) in [7, 11) is 0. The number of nitro benzene ring substituents is 1. The van der Waals surface area contributed by atoms with Gasteiger partial charge in [-0.3, -0.25) is 10.1 Å². The summed E-state index contributed by atoms with van der Waals surface area (Å²) >= 11 is 2.94. The van der Waals surface area contributed by atoms with Gasteiger partial charge in [0.1, 0.15) is 0 Å². The largest absolute Gasteiger partial charge is 0.300 e. The van der Waals surface area contributed by atoms with E-state index in [0.717, 1.165) is 19.5 Å². The van der Waals surface area contributed by atoms with Crippen LogP contribution in [-0.4, -0.2) is 20.2 Å². The Morgan fingerprint density at radius 1 is 1.14 bits per heavy atom. The minimum Gasteiger partial charge on any atom is -0.258 e. The van der Waals surface area contributed by atoms with Crippen molar-refractivity contribution in [3.8, 4) is 0 Å². The van der Waals surface area contributed by atoms with Crippen LogP contribution in [0.15, 0.2) is 50.3 Å². The van der Waals surface area contributed by atoms with E-state index in [9.17, 15) is 10.1 Å². The van der Waals surface area contributed by atoms with Crippen molar-refractivity contribution >= 4 is 50.0 Å². The van der Waals surface area contributed by atoms with Gasteiger partial charge in [-0.15, -0.1) is 11.3 Å². The summed E-state index contributed by atoms with van der Waals surface area (Å²) in [5, 5.41) is 18.4. The summed E-state index contributed by atoms with van der Waals surface area (Å²) < 4.78 is 6.58. The van der Waals surface area contributed by atoms with E-state index in [4.69, 9.17) is 0 Å². The fourth-order valence-electron chi connectivity index (χ4n) is 2.05. The minimum atomic E-state index is -0.501. The average Bonchev–Trinajstić information content (AvgIpc) is 3.13. The predicted octanol–water partition coefficient (Wildman–Crippen LogP) is 3.89. The van der Waals surface area contributed by atoms with Crippen LogP contribution in [0.4, 0.5) is 5.69 Å². The zero-order chi connectivity index (χ0) is 15.1. The van der Waals surface area contributed by atoms with E-state index >= 15 is 0 Å². The lowest BCUT2D eigenvalue weighted by Crippen LogP contribution is -1.90. The molecule has 0 amide bonds. The highest BCUT2D eigenvalue weighted by Crippen LogP contribution is 2.38. The van der Waals surface area contributed by atoms with Crippen LogP contribution in [0, 0.1) is 10.1 Å². The molecule has 0 aliphatic rings. The Hall–Kier alpha value is -2.52. The van der Waals surface area contributed by atoms with Crippen LogP contribution < -0.4 is 0 Å². The van der Waals surface area contributed by atoms with Crippen molar-refractivity contribution in [1.29, 1.82) is 0 Å². The normalized spacial score (nSPS) is 11.3. The number of thiazole rings is 1. The van der Waals surface area contributed by atoms with E-state index in [0.29, 0.717) is 5.52 Å². The van der Waals surface area contributed by atoms with E-state index in [1.54, 1.807) is 17.4 Å². The van der Waals surface area contributed by atoms with Crippen LogP contribution in [-0.2, 0) is 0 Å². The van der Waals surface area contributed by atoms with Gasteiger partial charge in [-0.1, -0.05) is 23.9 Å². The molecule has 0 radical (unpaired) electrons. The second-order valence-corrected chi connectivity index (χ2v) is 6.67. The molecule has 22 heavy (non-hydrogen) atoms. The van der Waals surface area contributed by atoms with Gasteiger partial charge >= 0.3 is 5.69 Å². The van der Waals surface area contributed by atoms with E-state index in [1.165, 1.54) is 17.8 Å². The quantitative estimate of drug-likeness (QED) is 0.415. The first-order valence-electron chi connectivity index (χ1n) is 6.15. The van der Waals surface area contributed by atoms with Crippen LogP contribution >= 0.6 is 23.1 Å². The smallest absolute Gasteiger partial charge is 0.258 e. The molecule has 2 heterocycles. The lowest BCUT2D eigenvalue weighted by Gasteiger charge is -1.98. The van der Waals surface area contributed by atoms with E-state index < -0.39 is 4.92 Å². The van der Waals surface area contributed by atoms with Crippen molar-refractivity contribution in [2.24, 2.45) is 0 Å². The number of benzene rings is 2. The molecule has 9 heteroatoms. The molecule has 0 unspecified atom stereocenters. The second kappa shape index (κ2) is 5.04. The number of hydrogen-bond donors (Lipinski definition) is 0. The molecule has 4 aromatic rings. The standard InChI is InChI=1S/C13H6N4O3S2/c18-17(19)8-5-6-10(12-11(8)15-20-16-12)22-13-14-7-3-1-2-4-9(7)21-13/h1-6H. The number of para-hydroxylation sites is 1. The molecule has 0 N–H and O–H groups in total. The van der Waals surface area contributed by atoms with Crippen LogP contribution in [0.1, 0.15) is 0 Å². The molecule has 108 valence electrons. The lowest BCUT2D eigenvalue weighted by molar-refractivity contribution is -0.383. The van der Waals surface area contributed by atoms with Gasteiger partial charge in [0, 0.05) is 11.0 Å². The van der Waals surface area contributed by atoms with Gasteiger partial charge < -0.3 is 0 Å². The minimum absolute atomic E-state index is 0.120. The number of fused-ring (bicyclic) bond motifs is 2. The maximum atomic E-state index is 11.0. The van der Waals surface area contributed by atoms with Crippen LogP contribution in [0.2, 0.25) is 0 Å². The SMILES string of the molecule is O=[N+]([O-])c1ccc(Sc2nc3ccccc3s2)c2nonc12. The van der Waals surface area contributed by atoms with Crippen molar-refractivity contribution in [2.75, 3.05) is 0 Å². The molecule has 0 saturated heterocycles. The fraction of sp³-hybridized carbons (Fsp3) is 0. The molecule has 2 aromatic heterocycles. The molecule has 0 spiro atoms. The second-order valence-electron chi connectivity index (χ2n) is 4.35.